The van der Waals surface area contributed by atoms with Crippen LogP contribution in [0.5, 0.6) is 0 Å². The van der Waals surface area contributed by atoms with E-state index in [4.69, 9.17) is 10.8 Å². The molecule has 0 aromatic heterocycles. The number of benzene rings is 1. The lowest BCUT2D eigenvalue weighted by Gasteiger charge is -2.04. The highest BCUT2D eigenvalue weighted by atomic mass is 16.4. The lowest BCUT2D eigenvalue weighted by atomic mass is 10.0. The summed E-state index contributed by atoms with van der Waals surface area (Å²) >= 11 is 0. The average molecular weight is 235 g/mol. The van der Waals surface area contributed by atoms with Crippen molar-refractivity contribution in [3.8, 4) is 0 Å². The number of unbranched alkanes of at least 4 members (excludes halogenated alkanes) is 4. The molecule has 94 valence electrons. The van der Waals surface area contributed by atoms with Gasteiger partial charge in [-0.25, -0.2) is 0 Å². The van der Waals surface area contributed by atoms with Crippen molar-refractivity contribution >= 4 is 11.7 Å². The molecule has 0 aliphatic rings. The Bertz CT molecular complexity index is 350. The number of carboxylic acid groups (broad SMARTS) is 1. The topological polar surface area (TPSA) is 63.3 Å². The third kappa shape index (κ3) is 5.95. The van der Waals surface area contributed by atoms with E-state index in [1.54, 1.807) is 0 Å². The van der Waals surface area contributed by atoms with Crippen LogP contribution in [0.15, 0.2) is 24.3 Å². The minimum Gasteiger partial charge on any atom is -0.481 e. The van der Waals surface area contributed by atoms with Gasteiger partial charge in [0.15, 0.2) is 0 Å². The first-order valence-electron chi connectivity index (χ1n) is 6.25. The van der Waals surface area contributed by atoms with E-state index in [1.165, 1.54) is 5.56 Å². The second kappa shape index (κ2) is 7.71. The summed E-state index contributed by atoms with van der Waals surface area (Å²) in [7, 11) is 0. The summed E-state index contributed by atoms with van der Waals surface area (Å²) in [5.41, 5.74) is 7.94. The van der Waals surface area contributed by atoms with Gasteiger partial charge in [0.05, 0.1) is 0 Å². The number of rotatable bonds is 8. The van der Waals surface area contributed by atoms with Crippen LogP contribution in [0, 0.1) is 0 Å². The Kier molecular flexibility index (Phi) is 6.15. The molecule has 0 aliphatic heterocycles. The second-order valence-corrected chi connectivity index (χ2v) is 4.36. The van der Waals surface area contributed by atoms with Crippen LogP contribution in [0.2, 0.25) is 0 Å². The van der Waals surface area contributed by atoms with Crippen molar-refractivity contribution in [2.75, 3.05) is 5.73 Å². The number of nitrogen functional groups attached to an aromatic ring is 1. The number of anilines is 1. The highest BCUT2D eigenvalue weighted by molar-refractivity contribution is 5.66. The summed E-state index contributed by atoms with van der Waals surface area (Å²) < 4.78 is 0. The fraction of sp³-hybridized carbons (Fsp3) is 0.500. The molecule has 1 aromatic carbocycles. The summed E-state index contributed by atoms with van der Waals surface area (Å²) in [5, 5.41) is 8.48. The zero-order valence-electron chi connectivity index (χ0n) is 10.2. The second-order valence-electron chi connectivity index (χ2n) is 4.36. The van der Waals surface area contributed by atoms with Crippen molar-refractivity contribution in [1.82, 2.24) is 0 Å². The number of para-hydroxylation sites is 1. The summed E-state index contributed by atoms with van der Waals surface area (Å²) in [6, 6.07) is 7.96. The summed E-state index contributed by atoms with van der Waals surface area (Å²) in [6.07, 6.45) is 6.51. The molecule has 0 spiro atoms. The number of nitrogens with two attached hydrogens (primary N) is 1. The van der Waals surface area contributed by atoms with Gasteiger partial charge in [-0.1, -0.05) is 37.5 Å². The first-order chi connectivity index (χ1) is 8.20. The van der Waals surface area contributed by atoms with Gasteiger partial charge in [-0.2, -0.15) is 0 Å². The molecule has 0 saturated carbocycles. The van der Waals surface area contributed by atoms with E-state index in [1.807, 2.05) is 18.2 Å². The normalized spacial score (nSPS) is 10.4. The van der Waals surface area contributed by atoms with Crippen LogP contribution in [0.1, 0.15) is 44.1 Å². The Morgan fingerprint density at radius 1 is 1.06 bits per heavy atom. The predicted octanol–water partition coefficient (Wildman–Crippen LogP) is 3.24. The molecule has 1 aromatic rings. The quantitative estimate of drug-likeness (QED) is 0.537. The van der Waals surface area contributed by atoms with E-state index in [-0.39, 0.29) is 0 Å². The molecule has 1 rings (SSSR count). The van der Waals surface area contributed by atoms with Gasteiger partial charge in [0.25, 0.3) is 0 Å². The molecule has 0 atom stereocenters. The number of aryl methyl sites for hydroxylation is 1. The molecule has 17 heavy (non-hydrogen) atoms. The Balaban J connectivity index is 2.05. The molecule has 0 radical (unpaired) electrons. The van der Waals surface area contributed by atoms with Gasteiger partial charge >= 0.3 is 5.97 Å². The first kappa shape index (κ1) is 13.6. The molecule has 0 bridgehead atoms. The molecule has 0 unspecified atom stereocenters. The summed E-state index contributed by atoms with van der Waals surface area (Å²) in [6.45, 7) is 0. The van der Waals surface area contributed by atoms with Crippen LogP contribution >= 0.6 is 0 Å². The Labute approximate surface area is 103 Å². The monoisotopic (exact) mass is 235 g/mol. The van der Waals surface area contributed by atoms with Crippen LogP contribution in [0.25, 0.3) is 0 Å². The fourth-order valence-corrected chi connectivity index (χ4v) is 1.88. The van der Waals surface area contributed by atoms with Gasteiger partial charge in [-0.3, -0.25) is 4.79 Å². The third-order valence-corrected chi connectivity index (χ3v) is 2.89. The van der Waals surface area contributed by atoms with Crippen LogP contribution in [-0.4, -0.2) is 11.1 Å². The third-order valence-electron chi connectivity index (χ3n) is 2.89. The molecular formula is C14H21NO2. The minimum atomic E-state index is -0.693. The largest absolute Gasteiger partial charge is 0.481 e. The zero-order valence-corrected chi connectivity index (χ0v) is 10.2. The molecule has 3 nitrogen and oxygen atoms in total. The van der Waals surface area contributed by atoms with Crippen molar-refractivity contribution in [3.63, 3.8) is 0 Å². The summed E-state index contributed by atoms with van der Waals surface area (Å²) in [5.74, 6) is -0.693. The molecule has 0 amide bonds. The number of aliphatic carboxylic acids is 1. The SMILES string of the molecule is Nc1ccccc1CCCCCCCC(=O)O. The van der Waals surface area contributed by atoms with Crippen molar-refractivity contribution in [3.05, 3.63) is 29.8 Å². The molecular weight excluding hydrogens is 214 g/mol. The van der Waals surface area contributed by atoms with Crippen LogP contribution < -0.4 is 5.73 Å². The highest BCUT2D eigenvalue weighted by Crippen LogP contribution is 2.15. The highest BCUT2D eigenvalue weighted by Gasteiger charge is 1.99. The maximum Gasteiger partial charge on any atom is 0.303 e. The van der Waals surface area contributed by atoms with Gasteiger partial charge in [0.1, 0.15) is 0 Å². The minimum absolute atomic E-state index is 0.297. The first-order valence-corrected chi connectivity index (χ1v) is 6.25. The van der Waals surface area contributed by atoms with Crippen LogP contribution in [-0.2, 0) is 11.2 Å². The van der Waals surface area contributed by atoms with Crippen molar-refractivity contribution in [2.24, 2.45) is 0 Å². The van der Waals surface area contributed by atoms with Gasteiger partial charge in [-0.05, 0) is 30.9 Å². The Morgan fingerprint density at radius 3 is 2.41 bits per heavy atom. The maximum absolute atomic E-state index is 10.3. The van der Waals surface area contributed by atoms with Crippen molar-refractivity contribution < 1.29 is 9.90 Å². The van der Waals surface area contributed by atoms with E-state index in [0.29, 0.717) is 6.42 Å². The summed E-state index contributed by atoms with van der Waals surface area (Å²) in [4.78, 5) is 10.3. The standard InChI is InChI=1S/C14H21NO2/c15-13-10-7-6-9-12(13)8-4-2-1-3-5-11-14(16)17/h6-7,9-10H,1-5,8,11,15H2,(H,16,17). The van der Waals surface area contributed by atoms with Gasteiger partial charge in [-0.15, -0.1) is 0 Å². The molecule has 0 heterocycles. The van der Waals surface area contributed by atoms with Gasteiger partial charge < -0.3 is 10.8 Å². The van der Waals surface area contributed by atoms with E-state index in [9.17, 15) is 4.79 Å². The van der Waals surface area contributed by atoms with E-state index in [0.717, 1.165) is 44.2 Å². The van der Waals surface area contributed by atoms with Crippen molar-refractivity contribution in [2.45, 2.75) is 44.9 Å². The van der Waals surface area contributed by atoms with E-state index in [2.05, 4.69) is 6.07 Å². The number of hydrogen-bond acceptors (Lipinski definition) is 2. The lowest BCUT2D eigenvalue weighted by molar-refractivity contribution is -0.137. The zero-order chi connectivity index (χ0) is 12.5. The van der Waals surface area contributed by atoms with E-state index < -0.39 is 5.97 Å². The van der Waals surface area contributed by atoms with Gasteiger partial charge in [0, 0.05) is 12.1 Å². The van der Waals surface area contributed by atoms with Gasteiger partial charge in [0.2, 0.25) is 0 Å². The van der Waals surface area contributed by atoms with Crippen molar-refractivity contribution in [1.29, 1.82) is 0 Å². The molecule has 0 saturated heterocycles. The van der Waals surface area contributed by atoms with E-state index >= 15 is 0 Å². The Hall–Kier alpha value is -1.51. The molecule has 3 N–H and O–H groups in total. The fourth-order valence-electron chi connectivity index (χ4n) is 1.88. The smallest absolute Gasteiger partial charge is 0.303 e. The number of carboxylic acids is 1. The molecule has 3 heteroatoms. The lowest BCUT2D eigenvalue weighted by Crippen LogP contribution is -1.95. The molecule has 0 fully saturated rings. The number of carbonyl (C=O) groups is 1. The van der Waals surface area contributed by atoms with Crippen LogP contribution in [0.3, 0.4) is 0 Å². The predicted molar refractivity (Wildman–Crippen MR) is 69.9 cm³/mol. The average Bonchev–Trinajstić information content (AvgIpc) is 2.30. The molecule has 0 aliphatic carbocycles. The van der Waals surface area contributed by atoms with Crippen LogP contribution in [0.4, 0.5) is 5.69 Å². The number of hydrogen-bond donors (Lipinski definition) is 2. The maximum atomic E-state index is 10.3. The Morgan fingerprint density at radius 2 is 1.71 bits per heavy atom.